The Hall–Kier alpha value is -0.390. The zero-order valence-electron chi connectivity index (χ0n) is 10.8. The average Bonchev–Trinajstić information content (AvgIpc) is 2.28. The van der Waals surface area contributed by atoms with E-state index >= 15 is 0 Å². The predicted molar refractivity (Wildman–Crippen MR) is 78.5 cm³/mol. The van der Waals surface area contributed by atoms with E-state index in [1.54, 1.807) is 18.2 Å². The molecule has 1 aromatic rings. The van der Waals surface area contributed by atoms with E-state index in [0.29, 0.717) is 17.2 Å². The van der Waals surface area contributed by atoms with Crippen molar-refractivity contribution < 1.29 is 8.42 Å². The molecule has 18 heavy (non-hydrogen) atoms. The molecular weight excluding hydrogens is 314 g/mol. The lowest BCUT2D eigenvalue weighted by Crippen LogP contribution is -2.22. The molecule has 5 heteroatoms. The third-order valence-electron chi connectivity index (χ3n) is 2.47. The molecule has 0 spiro atoms. The lowest BCUT2D eigenvalue weighted by atomic mass is 10.2. The molecular formula is C13H20BrNO2S. The number of nitrogens with one attached hydrogen (secondary N) is 1. The van der Waals surface area contributed by atoms with E-state index < -0.39 is 9.84 Å². The SMILES string of the molecule is CC(C)CNCCCS(=O)(=O)c1cccc(Br)c1. The van der Waals surface area contributed by atoms with E-state index in [0.717, 1.165) is 17.6 Å². The first-order valence-corrected chi connectivity index (χ1v) is 8.55. The molecule has 1 aromatic carbocycles. The molecule has 0 saturated heterocycles. The number of rotatable bonds is 7. The fourth-order valence-corrected chi connectivity index (χ4v) is 3.46. The van der Waals surface area contributed by atoms with E-state index in [9.17, 15) is 8.42 Å². The summed E-state index contributed by atoms with van der Waals surface area (Å²) in [6.07, 6.45) is 0.640. The van der Waals surface area contributed by atoms with E-state index in [1.165, 1.54) is 0 Å². The van der Waals surface area contributed by atoms with E-state index in [4.69, 9.17) is 0 Å². The standard InChI is InChI=1S/C13H20BrNO2S/c1-11(2)10-15-7-4-8-18(16,17)13-6-3-5-12(14)9-13/h3,5-6,9,11,15H,4,7-8,10H2,1-2H3. The van der Waals surface area contributed by atoms with Crippen LogP contribution in [0.2, 0.25) is 0 Å². The summed E-state index contributed by atoms with van der Waals surface area (Å²) < 4.78 is 24.9. The Bertz CT molecular complexity index is 472. The monoisotopic (exact) mass is 333 g/mol. The zero-order valence-corrected chi connectivity index (χ0v) is 13.2. The summed E-state index contributed by atoms with van der Waals surface area (Å²) in [5.41, 5.74) is 0. The second kappa shape index (κ2) is 7.26. The number of benzene rings is 1. The molecule has 0 saturated carbocycles. The minimum absolute atomic E-state index is 0.189. The third-order valence-corrected chi connectivity index (χ3v) is 4.77. The van der Waals surface area contributed by atoms with Crippen molar-refractivity contribution in [1.82, 2.24) is 5.32 Å². The highest BCUT2D eigenvalue weighted by Gasteiger charge is 2.13. The maximum atomic E-state index is 12.0. The highest BCUT2D eigenvalue weighted by molar-refractivity contribution is 9.10. The molecule has 1 N–H and O–H groups in total. The second-order valence-electron chi connectivity index (χ2n) is 4.73. The van der Waals surface area contributed by atoms with Gasteiger partial charge in [0.1, 0.15) is 0 Å². The first-order valence-electron chi connectivity index (χ1n) is 6.11. The first-order chi connectivity index (χ1) is 8.42. The van der Waals surface area contributed by atoms with Gasteiger partial charge in [-0.25, -0.2) is 8.42 Å². The van der Waals surface area contributed by atoms with Gasteiger partial charge in [0, 0.05) is 4.47 Å². The normalized spacial score (nSPS) is 12.0. The summed E-state index contributed by atoms with van der Waals surface area (Å²) in [6, 6.07) is 6.86. The molecule has 0 amide bonds. The quantitative estimate of drug-likeness (QED) is 0.780. The van der Waals surface area contributed by atoms with Gasteiger partial charge in [-0.1, -0.05) is 35.8 Å². The van der Waals surface area contributed by atoms with Crippen molar-refractivity contribution in [1.29, 1.82) is 0 Å². The smallest absolute Gasteiger partial charge is 0.178 e. The molecule has 0 aliphatic carbocycles. The van der Waals surface area contributed by atoms with Crippen LogP contribution in [0.5, 0.6) is 0 Å². The Labute approximate surface area is 118 Å². The summed E-state index contributed by atoms with van der Waals surface area (Å²) in [5, 5.41) is 3.25. The molecule has 3 nitrogen and oxygen atoms in total. The fraction of sp³-hybridized carbons (Fsp3) is 0.538. The molecule has 0 aromatic heterocycles. The number of hydrogen-bond donors (Lipinski definition) is 1. The van der Waals surface area contributed by atoms with Gasteiger partial charge in [0.25, 0.3) is 0 Å². The Morgan fingerprint density at radius 1 is 1.33 bits per heavy atom. The molecule has 0 atom stereocenters. The van der Waals surface area contributed by atoms with Gasteiger partial charge in [0.15, 0.2) is 9.84 Å². The largest absolute Gasteiger partial charge is 0.316 e. The third kappa shape index (κ3) is 5.50. The minimum atomic E-state index is -3.15. The number of sulfone groups is 1. The summed E-state index contributed by atoms with van der Waals surface area (Å²) in [7, 11) is -3.15. The van der Waals surface area contributed by atoms with Gasteiger partial charge in [-0.15, -0.1) is 0 Å². The van der Waals surface area contributed by atoms with Crippen molar-refractivity contribution in [2.24, 2.45) is 5.92 Å². The Morgan fingerprint density at radius 3 is 2.67 bits per heavy atom. The summed E-state index contributed by atoms with van der Waals surface area (Å²) in [6.45, 7) is 5.93. The number of hydrogen-bond acceptors (Lipinski definition) is 3. The second-order valence-corrected chi connectivity index (χ2v) is 7.75. The Balaban J connectivity index is 2.46. The Kier molecular flexibility index (Phi) is 6.32. The van der Waals surface area contributed by atoms with Gasteiger partial charge in [0.05, 0.1) is 10.6 Å². The predicted octanol–water partition coefficient (Wildman–Crippen LogP) is 2.86. The molecule has 0 unspecified atom stereocenters. The van der Waals surface area contributed by atoms with Gasteiger partial charge in [0.2, 0.25) is 0 Å². The molecule has 102 valence electrons. The van der Waals surface area contributed by atoms with E-state index in [2.05, 4.69) is 35.1 Å². The van der Waals surface area contributed by atoms with Crippen molar-refractivity contribution in [2.45, 2.75) is 25.2 Å². The van der Waals surface area contributed by atoms with E-state index in [-0.39, 0.29) is 5.75 Å². The molecule has 0 aliphatic rings. The van der Waals surface area contributed by atoms with Crippen LogP contribution in [0.1, 0.15) is 20.3 Å². The van der Waals surface area contributed by atoms with Crippen LogP contribution in [-0.4, -0.2) is 27.3 Å². The average molecular weight is 334 g/mol. The molecule has 1 rings (SSSR count). The highest BCUT2D eigenvalue weighted by atomic mass is 79.9. The topological polar surface area (TPSA) is 46.2 Å². The van der Waals surface area contributed by atoms with E-state index in [1.807, 2.05) is 6.07 Å². The van der Waals surface area contributed by atoms with Crippen LogP contribution in [0.4, 0.5) is 0 Å². The number of halogens is 1. The lowest BCUT2D eigenvalue weighted by molar-refractivity contribution is 0.546. The van der Waals surface area contributed by atoms with Crippen LogP contribution < -0.4 is 5.32 Å². The van der Waals surface area contributed by atoms with Gasteiger partial charge in [-0.2, -0.15) is 0 Å². The summed E-state index contributed by atoms with van der Waals surface area (Å²) >= 11 is 3.29. The van der Waals surface area contributed by atoms with Crippen molar-refractivity contribution >= 4 is 25.8 Å². The first kappa shape index (κ1) is 15.7. The Morgan fingerprint density at radius 2 is 2.06 bits per heavy atom. The lowest BCUT2D eigenvalue weighted by Gasteiger charge is -2.08. The zero-order chi connectivity index (χ0) is 13.6. The van der Waals surface area contributed by atoms with Crippen molar-refractivity contribution in [3.63, 3.8) is 0 Å². The van der Waals surface area contributed by atoms with Gasteiger partial charge >= 0.3 is 0 Å². The molecule has 0 aliphatic heterocycles. The van der Waals surface area contributed by atoms with Crippen LogP contribution in [0.3, 0.4) is 0 Å². The molecule has 0 bridgehead atoms. The van der Waals surface area contributed by atoms with Crippen molar-refractivity contribution in [2.75, 3.05) is 18.8 Å². The molecule has 0 fully saturated rings. The van der Waals surface area contributed by atoms with Crippen LogP contribution in [0.15, 0.2) is 33.6 Å². The van der Waals surface area contributed by atoms with Crippen LogP contribution in [0.25, 0.3) is 0 Å². The van der Waals surface area contributed by atoms with Crippen LogP contribution in [-0.2, 0) is 9.84 Å². The van der Waals surface area contributed by atoms with Gasteiger partial charge < -0.3 is 5.32 Å². The maximum absolute atomic E-state index is 12.0. The minimum Gasteiger partial charge on any atom is -0.316 e. The highest BCUT2D eigenvalue weighted by Crippen LogP contribution is 2.17. The van der Waals surface area contributed by atoms with Crippen molar-refractivity contribution in [3.8, 4) is 0 Å². The maximum Gasteiger partial charge on any atom is 0.178 e. The van der Waals surface area contributed by atoms with Gasteiger partial charge in [-0.05, 0) is 43.6 Å². The van der Waals surface area contributed by atoms with Crippen LogP contribution >= 0.6 is 15.9 Å². The summed E-state index contributed by atoms with van der Waals surface area (Å²) in [4.78, 5) is 0.390. The summed E-state index contributed by atoms with van der Waals surface area (Å²) in [5.74, 6) is 0.779. The molecule has 0 radical (unpaired) electrons. The van der Waals surface area contributed by atoms with Crippen molar-refractivity contribution in [3.05, 3.63) is 28.7 Å². The van der Waals surface area contributed by atoms with Crippen LogP contribution in [0, 0.1) is 5.92 Å². The fourth-order valence-electron chi connectivity index (χ4n) is 1.56. The van der Waals surface area contributed by atoms with Gasteiger partial charge in [-0.3, -0.25) is 0 Å². The molecule has 0 heterocycles.